The Labute approximate surface area is 104 Å². The van der Waals surface area contributed by atoms with E-state index in [1.165, 1.54) is 7.05 Å². The van der Waals surface area contributed by atoms with Gasteiger partial charge >= 0.3 is 0 Å². The molecule has 1 aromatic carbocycles. The molecule has 2 nitrogen and oxygen atoms in total. The standard InChI is InChI=1S/C9H8BrClF3NO/c1-15-2-3(16)4-6(11)8(13)5(10)9(14)7(4)12/h3,15-16H,2H2,1H3. The molecule has 1 rings (SSSR count). The molecule has 1 unspecified atom stereocenters. The lowest BCUT2D eigenvalue weighted by Gasteiger charge is -2.15. The molecule has 0 aliphatic rings. The summed E-state index contributed by atoms with van der Waals surface area (Å²) in [6.45, 7) is -0.0723. The van der Waals surface area contributed by atoms with Crippen molar-refractivity contribution in [1.82, 2.24) is 5.32 Å². The summed E-state index contributed by atoms with van der Waals surface area (Å²) >= 11 is 8.04. The molecule has 0 aliphatic heterocycles. The van der Waals surface area contributed by atoms with Crippen LogP contribution in [0.5, 0.6) is 0 Å². The summed E-state index contributed by atoms with van der Waals surface area (Å²) in [5.41, 5.74) is -0.589. The van der Waals surface area contributed by atoms with Crippen molar-refractivity contribution in [3.05, 3.63) is 32.5 Å². The molecule has 1 atom stereocenters. The van der Waals surface area contributed by atoms with E-state index in [0.29, 0.717) is 0 Å². The Balaban J connectivity index is 3.39. The van der Waals surface area contributed by atoms with Gasteiger partial charge in [-0.15, -0.1) is 0 Å². The van der Waals surface area contributed by atoms with E-state index < -0.39 is 38.6 Å². The van der Waals surface area contributed by atoms with E-state index in [0.717, 1.165) is 0 Å². The number of aliphatic hydroxyl groups is 1. The molecule has 2 N–H and O–H groups in total. The highest BCUT2D eigenvalue weighted by Gasteiger charge is 2.26. The zero-order valence-corrected chi connectivity index (χ0v) is 10.5. The van der Waals surface area contributed by atoms with Crippen molar-refractivity contribution in [3.63, 3.8) is 0 Å². The number of likely N-dealkylation sites (N-methyl/N-ethyl adjacent to an activating group) is 1. The van der Waals surface area contributed by atoms with Gasteiger partial charge in [0.15, 0.2) is 17.5 Å². The van der Waals surface area contributed by atoms with Crippen LogP contribution in [-0.4, -0.2) is 18.7 Å². The van der Waals surface area contributed by atoms with E-state index in [9.17, 15) is 18.3 Å². The molecule has 0 fully saturated rings. The molecule has 7 heteroatoms. The number of hydrogen-bond acceptors (Lipinski definition) is 2. The molecular weight excluding hydrogens is 310 g/mol. The lowest BCUT2D eigenvalue weighted by atomic mass is 10.1. The third-order valence-electron chi connectivity index (χ3n) is 1.97. The van der Waals surface area contributed by atoms with Gasteiger partial charge in [0.2, 0.25) is 0 Å². The third-order valence-corrected chi connectivity index (χ3v) is 3.04. The Bertz CT molecular complexity index is 387. The maximum absolute atomic E-state index is 13.4. The van der Waals surface area contributed by atoms with Crippen molar-refractivity contribution in [3.8, 4) is 0 Å². The summed E-state index contributed by atoms with van der Waals surface area (Å²) in [5, 5.41) is 11.4. The quantitative estimate of drug-likeness (QED) is 0.663. The normalized spacial score (nSPS) is 12.9. The van der Waals surface area contributed by atoms with Crippen molar-refractivity contribution in [2.75, 3.05) is 13.6 Å². The van der Waals surface area contributed by atoms with Crippen LogP contribution >= 0.6 is 27.5 Å². The number of halogens is 5. The number of aliphatic hydroxyl groups excluding tert-OH is 1. The highest BCUT2D eigenvalue weighted by molar-refractivity contribution is 9.10. The Morgan fingerprint density at radius 2 is 1.88 bits per heavy atom. The first-order valence-electron chi connectivity index (χ1n) is 4.25. The molecule has 90 valence electrons. The Hall–Kier alpha value is -0.300. The van der Waals surface area contributed by atoms with Gasteiger partial charge in [0.25, 0.3) is 0 Å². The first kappa shape index (κ1) is 13.8. The SMILES string of the molecule is CNCC(O)c1c(F)c(F)c(Br)c(F)c1Cl. The summed E-state index contributed by atoms with van der Waals surface area (Å²) in [5.74, 6) is -3.90. The second-order valence-electron chi connectivity index (χ2n) is 3.06. The van der Waals surface area contributed by atoms with E-state index in [-0.39, 0.29) is 6.54 Å². The fourth-order valence-electron chi connectivity index (χ4n) is 1.21. The molecule has 0 aliphatic carbocycles. The van der Waals surface area contributed by atoms with Crippen molar-refractivity contribution in [1.29, 1.82) is 0 Å². The van der Waals surface area contributed by atoms with Gasteiger partial charge in [-0.3, -0.25) is 0 Å². The van der Waals surface area contributed by atoms with Crippen LogP contribution in [0.4, 0.5) is 13.2 Å². The molecule has 16 heavy (non-hydrogen) atoms. The predicted molar refractivity (Wildman–Crippen MR) is 57.9 cm³/mol. The van der Waals surface area contributed by atoms with Crippen LogP contribution in [0.2, 0.25) is 5.02 Å². The zero-order valence-electron chi connectivity index (χ0n) is 8.12. The van der Waals surface area contributed by atoms with Gasteiger partial charge in [-0.25, -0.2) is 13.2 Å². The molecular formula is C9H8BrClF3NO. The van der Waals surface area contributed by atoms with E-state index in [1.807, 2.05) is 0 Å². The summed E-state index contributed by atoms with van der Waals surface area (Å²) in [4.78, 5) is 0. The average Bonchev–Trinajstić information content (AvgIpc) is 2.24. The summed E-state index contributed by atoms with van der Waals surface area (Å²) in [7, 11) is 1.50. The van der Waals surface area contributed by atoms with Crippen LogP contribution < -0.4 is 5.32 Å². The molecule has 0 heterocycles. The monoisotopic (exact) mass is 317 g/mol. The molecule has 0 saturated carbocycles. The van der Waals surface area contributed by atoms with Gasteiger partial charge in [0.1, 0.15) is 0 Å². The first-order chi connectivity index (χ1) is 7.41. The van der Waals surface area contributed by atoms with Crippen LogP contribution in [0.3, 0.4) is 0 Å². The van der Waals surface area contributed by atoms with Crippen LogP contribution in [0.15, 0.2) is 4.47 Å². The fourth-order valence-corrected chi connectivity index (χ4v) is 2.00. The van der Waals surface area contributed by atoms with Gasteiger partial charge in [-0.2, -0.15) is 0 Å². The highest BCUT2D eigenvalue weighted by atomic mass is 79.9. The minimum absolute atomic E-state index is 0.0723. The van der Waals surface area contributed by atoms with E-state index in [1.54, 1.807) is 0 Å². The smallest absolute Gasteiger partial charge is 0.176 e. The van der Waals surface area contributed by atoms with Crippen molar-refractivity contribution < 1.29 is 18.3 Å². The number of nitrogens with one attached hydrogen (secondary N) is 1. The summed E-state index contributed by atoms with van der Waals surface area (Å²) in [6.07, 6.45) is -1.42. The highest BCUT2D eigenvalue weighted by Crippen LogP contribution is 2.35. The predicted octanol–water partition coefficient (Wildman–Crippen LogP) is 2.77. The molecule has 0 saturated heterocycles. The van der Waals surface area contributed by atoms with Gasteiger partial charge < -0.3 is 10.4 Å². The molecule has 0 aromatic heterocycles. The van der Waals surface area contributed by atoms with Crippen molar-refractivity contribution >= 4 is 27.5 Å². The number of benzene rings is 1. The maximum Gasteiger partial charge on any atom is 0.176 e. The van der Waals surface area contributed by atoms with Crippen LogP contribution in [-0.2, 0) is 0 Å². The Kier molecular flexibility index (Phi) is 4.61. The topological polar surface area (TPSA) is 32.3 Å². The molecule has 1 aromatic rings. The second kappa shape index (κ2) is 5.35. The van der Waals surface area contributed by atoms with Gasteiger partial charge in [-0.1, -0.05) is 11.6 Å². The zero-order chi connectivity index (χ0) is 12.5. The van der Waals surface area contributed by atoms with E-state index in [4.69, 9.17) is 11.6 Å². The van der Waals surface area contributed by atoms with Crippen LogP contribution in [0, 0.1) is 17.5 Å². The number of rotatable bonds is 3. The maximum atomic E-state index is 13.4. The molecule has 0 bridgehead atoms. The molecule has 0 amide bonds. The van der Waals surface area contributed by atoms with Crippen LogP contribution in [0.25, 0.3) is 0 Å². The summed E-state index contributed by atoms with van der Waals surface area (Å²) in [6, 6.07) is 0. The largest absolute Gasteiger partial charge is 0.387 e. The van der Waals surface area contributed by atoms with Gasteiger partial charge in [0, 0.05) is 12.1 Å². The lowest BCUT2D eigenvalue weighted by molar-refractivity contribution is 0.171. The lowest BCUT2D eigenvalue weighted by Crippen LogP contribution is -2.19. The fraction of sp³-hybridized carbons (Fsp3) is 0.333. The minimum Gasteiger partial charge on any atom is -0.387 e. The number of hydrogen-bond donors (Lipinski definition) is 2. The first-order valence-corrected chi connectivity index (χ1v) is 5.42. The Morgan fingerprint density at radius 3 is 2.38 bits per heavy atom. The van der Waals surface area contributed by atoms with Crippen molar-refractivity contribution in [2.24, 2.45) is 0 Å². The van der Waals surface area contributed by atoms with Gasteiger partial charge in [-0.05, 0) is 23.0 Å². The van der Waals surface area contributed by atoms with Crippen LogP contribution in [0.1, 0.15) is 11.7 Å². The van der Waals surface area contributed by atoms with Gasteiger partial charge in [0.05, 0.1) is 15.6 Å². The van der Waals surface area contributed by atoms with E-state index in [2.05, 4.69) is 21.2 Å². The van der Waals surface area contributed by atoms with E-state index >= 15 is 0 Å². The average molecular weight is 319 g/mol. The summed E-state index contributed by atoms with van der Waals surface area (Å²) < 4.78 is 39.2. The Morgan fingerprint density at radius 1 is 1.31 bits per heavy atom. The second-order valence-corrected chi connectivity index (χ2v) is 4.23. The van der Waals surface area contributed by atoms with Crippen molar-refractivity contribution in [2.45, 2.75) is 6.10 Å². The molecule has 0 radical (unpaired) electrons. The third kappa shape index (κ3) is 2.34. The minimum atomic E-state index is -1.42. The molecule has 0 spiro atoms.